The van der Waals surface area contributed by atoms with Gasteiger partial charge in [-0.25, -0.2) is 0 Å². The van der Waals surface area contributed by atoms with Crippen molar-refractivity contribution in [2.24, 2.45) is 0 Å². The van der Waals surface area contributed by atoms with E-state index in [9.17, 15) is 9.59 Å². The molecule has 0 radical (unpaired) electrons. The third-order valence-electron chi connectivity index (χ3n) is 5.43. The summed E-state index contributed by atoms with van der Waals surface area (Å²) in [6, 6.07) is 7.02. The van der Waals surface area contributed by atoms with Gasteiger partial charge in [0.25, 0.3) is 5.91 Å². The van der Waals surface area contributed by atoms with E-state index in [0.717, 1.165) is 25.9 Å². The molecule has 3 rings (SSSR count). The van der Waals surface area contributed by atoms with Gasteiger partial charge in [-0.1, -0.05) is 11.6 Å². The van der Waals surface area contributed by atoms with Crippen LogP contribution in [0.25, 0.3) is 0 Å². The van der Waals surface area contributed by atoms with Crippen LogP contribution >= 0.6 is 11.6 Å². The summed E-state index contributed by atoms with van der Waals surface area (Å²) in [6.45, 7) is 8.43. The number of carbonyl (C=O) groups excluding carboxylic acids is 2. The summed E-state index contributed by atoms with van der Waals surface area (Å²) >= 11 is 5.90. The van der Waals surface area contributed by atoms with Gasteiger partial charge in [-0.15, -0.1) is 0 Å². The lowest BCUT2D eigenvalue weighted by molar-refractivity contribution is -0.147. The van der Waals surface area contributed by atoms with E-state index in [4.69, 9.17) is 16.3 Å². The minimum Gasteiger partial charge on any atom is -0.478 e. The van der Waals surface area contributed by atoms with Crippen LogP contribution in [-0.2, 0) is 9.59 Å². The molecule has 0 N–H and O–H groups in total. The molecule has 1 aromatic carbocycles. The third-order valence-corrected chi connectivity index (χ3v) is 5.68. The summed E-state index contributed by atoms with van der Waals surface area (Å²) in [6.07, 6.45) is 3.44. The maximum absolute atomic E-state index is 12.9. The van der Waals surface area contributed by atoms with Crippen LogP contribution in [0.2, 0.25) is 5.02 Å². The van der Waals surface area contributed by atoms with Crippen LogP contribution in [0.1, 0.15) is 33.1 Å². The monoisotopic (exact) mass is 407 g/mol. The van der Waals surface area contributed by atoms with Gasteiger partial charge in [-0.3, -0.25) is 14.5 Å². The van der Waals surface area contributed by atoms with Crippen molar-refractivity contribution >= 4 is 23.4 Å². The third kappa shape index (κ3) is 5.39. The molecule has 2 aliphatic heterocycles. The van der Waals surface area contributed by atoms with Crippen LogP contribution in [0.4, 0.5) is 0 Å². The zero-order valence-corrected chi connectivity index (χ0v) is 17.6. The molecular weight excluding hydrogens is 378 g/mol. The second-order valence-electron chi connectivity index (χ2n) is 8.08. The van der Waals surface area contributed by atoms with Crippen LogP contribution in [0.3, 0.4) is 0 Å². The molecule has 0 bridgehead atoms. The van der Waals surface area contributed by atoms with E-state index >= 15 is 0 Å². The van der Waals surface area contributed by atoms with Crippen molar-refractivity contribution in [3.63, 3.8) is 0 Å². The summed E-state index contributed by atoms with van der Waals surface area (Å²) in [4.78, 5) is 31.3. The van der Waals surface area contributed by atoms with Crippen molar-refractivity contribution in [1.29, 1.82) is 0 Å². The van der Waals surface area contributed by atoms with Crippen LogP contribution in [0.15, 0.2) is 24.3 Å². The highest BCUT2D eigenvalue weighted by Gasteiger charge is 2.36. The van der Waals surface area contributed by atoms with Crippen molar-refractivity contribution in [1.82, 2.24) is 14.7 Å². The fourth-order valence-corrected chi connectivity index (χ4v) is 3.89. The number of carbonyl (C=O) groups is 2. The average Bonchev–Trinajstić information content (AvgIpc) is 2.70. The number of piperidine rings is 1. The van der Waals surface area contributed by atoms with Crippen molar-refractivity contribution in [3.05, 3.63) is 29.3 Å². The number of ether oxygens (including phenoxy) is 1. The van der Waals surface area contributed by atoms with E-state index in [2.05, 4.69) is 4.90 Å². The van der Waals surface area contributed by atoms with Crippen LogP contribution < -0.4 is 4.74 Å². The smallest absolute Gasteiger partial charge is 0.266 e. The molecule has 0 unspecified atom stereocenters. The molecule has 154 valence electrons. The first-order chi connectivity index (χ1) is 13.3. The maximum atomic E-state index is 12.9. The summed E-state index contributed by atoms with van der Waals surface area (Å²) in [5, 5.41) is 0.631. The number of piperazine rings is 1. The first-order valence-corrected chi connectivity index (χ1v) is 10.5. The van der Waals surface area contributed by atoms with E-state index in [1.165, 1.54) is 6.42 Å². The SMILES string of the molecule is CC(C)(Oc1ccc(Cl)cc1)C(=O)N1CCN(CC(=O)N2CCCCC2)CC1. The number of halogens is 1. The number of hydrogen-bond acceptors (Lipinski definition) is 4. The highest BCUT2D eigenvalue weighted by Crippen LogP contribution is 2.23. The molecule has 2 amide bonds. The number of nitrogens with zero attached hydrogens (tertiary/aromatic N) is 3. The molecule has 7 heteroatoms. The average molecular weight is 408 g/mol. The second-order valence-corrected chi connectivity index (χ2v) is 8.51. The Bertz CT molecular complexity index is 679. The summed E-state index contributed by atoms with van der Waals surface area (Å²) in [5.41, 5.74) is -0.959. The van der Waals surface area contributed by atoms with Gasteiger partial charge in [0.15, 0.2) is 5.60 Å². The van der Waals surface area contributed by atoms with E-state index in [1.54, 1.807) is 38.1 Å². The molecule has 0 saturated carbocycles. The molecule has 0 spiro atoms. The molecule has 0 aromatic heterocycles. The highest BCUT2D eigenvalue weighted by molar-refractivity contribution is 6.30. The first kappa shape index (κ1) is 20.9. The topological polar surface area (TPSA) is 53.1 Å². The highest BCUT2D eigenvalue weighted by atomic mass is 35.5. The quantitative estimate of drug-likeness (QED) is 0.753. The molecule has 0 aliphatic carbocycles. The Morgan fingerprint density at radius 2 is 1.54 bits per heavy atom. The van der Waals surface area contributed by atoms with Gasteiger partial charge in [0.05, 0.1) is 6.54 Å². The molecule has 28 heavy (non-hydrogen) atoms. The second kappa shape index (κ2) is 9.14. The lowest BCUT2D eigenvalue weighted by atomic mass is 10.1. The number of rotatable bonds is 5. The number of likely N-dealkylation sites (tertiary alicyclic amines) is 1. The maximum Gasteiger partial charge on any atom is 0.266 e. The zero-order valence-electron chi connectivity index (χ0n) is 16.8. The van der Waals surface area contributed by atoms with Crippen molar-refractivity contribution in [3.8, 4) is 5.75 Å². The zero-order chi connectivity index (χ0) is 20.1. The summed E-state index contributed by atoms with van der Waals surface area (Å²) < 4.78 is 5.92. The van der Waals surface area contributed by atoms with E-state index in [1.807, 2.05) is 9.80 Å². The fourth-order valence-electron chi connectivity index (χ4n) is 3.77. The summed E-state index contributed by atoms with van der Waals surface area (Å²) in [5.74, 6) is 0.795. The largest absolute Gasteiger partial charge is 0.478 e. The summed E-state index contributed by atoms with van der Waals surface area (Å²) in [7, 11) is 0. The van der Waals surface area contributed by atoms with Gasteiger partial charge in [0.2, 0.25) is 5.91 Å². The van der Waals surface area contributed by atoms with Crippen molar-refractivity contribution in [2.45, 2.75) is 38.7 Å². The minimum absolute atomic E-state index is 0.0375. The Kier molecular flexibility index (Phi) is 6.83. The Hall–Kier alpha value is -1.79. The van der Waals surface area contributed by atoms with Crippen LogP contribution in [0, 0.1) is 0 Å². The fraction of sp³-hybridized carbons (Fsp3) is 0.619. The molecule has 0 atom stereocenters. The molecule has 2 saturated heterocycles. The predicted molar refractivity (Wildman–Crippen MR) is 110 cm³/mol. The first-order valence-electron chi connectivity index (χ1n) is 10.1. The molecular formula is C21H30ClN3O3. The number of benzene rings is 1. The molecule has 6 nitrogen and oxygen atoms in total. The normalized spacial score (nSPS) is 18.8. The Morgan fingerprint density at radius 3 is 2.14 bits per heavy atom. The molecule has 1 aromatic rings. The standard InChI is InChI=1S/C21H30ClN3O3/c1-21(2,28-18-8-6-17(22)7-9-18)20(27)25-14-12-23(13-15-25)16-19(26)24-10-4-3-5-11-24/h6-9H,3-5,10-16H2,1-2H3. The minimum atomic E-state index is -0.959. The molecule has 2 fully saturated rings. The van der Waals surface area contributed by atoms with E-state index in [-0.39, 0.29) is 11.8 Å². The lowest BCUT2D eigenvalue weighted by Crippen LogP contribution is -2.57. The van der Waals surface area contributed by atoms with Gasteiger partial charge < -0.3 is 14.5 Å². The number of hydrogen-bond donors (Lipinski definition) is 0. The van der Waals surface area contributed by atoms with Gasteiger partial charge in [0.1, 0.15) is 5.75 Å². The van der Waals surface area contributed by atoms with Crippen molar-refractivity contribution < 1.29 is 14.3 Å². The van der Waals surface area contributed by atoms with Gasteiger partial charge in [-0.2, -0.15) is 0 Å². The van der Waals surface area contributed by atoms with Gasteiger partial charge in [0, 0.05) is 44.3 Å². The number of amides is 2. The van der Waals surface area contributed by atoms with E-state index in [0.29, 0.717) is 43.5 Å². The predicted octanol–water partition coefficient (Wildman–Crippen LogP) is 2.65. The van der Waals surface area contributed by atoms with Gasteiger partial charge in [-0.05, 0) is 57.4 Å². The molecule has 2 heterocycles. The van der Waals surface area contributed by atoms with Crippen LogP contribution in [0.5, 0.6) is 5.75 Å². The molecule has 2 aliphatic rings. The Labute approximate surface area is 172 Å². The van der Waals surface area contributed by atoms with Crippen LogP contribution in [-0.4, -0.2) is 77.9 Å². The lowest BCUT2D eigenvalue weighted by Gasteiger charge is -2.39. The Morgan fingerprint density at radius 1 is 0.929 bits per heavy atom. The van der Waals surface area contributed by atoms with Crippen molar-refractivity contribution in [2.75, 3.05) is 45.8 Å². The van der Waals surface area contributed by atoms with E-state index < -0.39 is 5.60 Å². The Balaban J connectivity index is 1.48. The van der Waals surface area contributed by atoms with Gasteiger partial charge >= 0.3 is 0 Å².